The van der Waals surface area contributed by atoms with Crippen LogP contribution in [0.4, 0.5) is 0 Å². The molecular formula is C20H26N2O3S2. The van der Waals surface area contributed by atoms with Gasteiger partial charge in [-0.05, 0) is 53.9 Å². The van der Waals surface area contributed by atoms with Crippen molar-refractivity contribution in [2.24, 2.45) is 16.5 Å². The van der Waals surface area contributed by atoms with Crippen molar-refractivity contribution in [2.75, 3.05) is 0 Å². The molecule has 0 bridgehead atoms. The lowest BCUT2D eigenvalue weighted by Gasteiger charge is -2.34. The van der Waals surface area contributed by atoms with E-state index in [1.807, 2.05) is 5.38 Å². The Morgan fingerprint density at radius 1 is 1.26 bits per heavy atom. The zero-order valence-electron chi connectivity index (χ0n) is 15.9. The fourth-order valence-electron chi connectivity index (χ4n) is 3.52. The van der Waals surface area contributed by atoms with Crippen LogP contribution in [0, 0.1) is 11.3 Å². The summed E-state index contributed by atoms with van der Waals surface area (Å²) in [6, 6.07) is 6.24. The normalized spacial score (nSPS) is 17.4. The van der Waals surface area contributed by atoms with E-state index in [0.29, 0.717) is 12.5 Å². The van der Waals surface area contributed by atoms with Gasteiger partial charge in [-0.3, -0.25) is 4.79 Å². The second-order valence-corrected chi connectivity index (χ2v) is 10.8. The van der Waals surface area contributed by atoms with Gasteiger partial charge in [-0.1, -0.05) is 32.9 Å². The van der Waals surface area contributed by atoms with Crippen molar-refractivity contribution in [1.29, 1.82) is 0 Å². The molecule has 5 nitrogen and oxygen atoms in total. The van der Waals surface area contributed by atoms with Crippen LogP contribution < -0.4 is 10.5 Å². The third-order valence-corrected chi connectivity index (χ3v) is 7.31. The van der Waals surface area contributed by atoms with Gasteiger partial charge in [0.15, 0.2) is 0 Å². The number of fused-ring (bicyclic) bond motifs is 1. The maximum Gasteiger partial charge on any atom is 0.252 e. The smallest absolute Gasteiger partial charge is 0.252 e. The van der Waals surface area contributed by atoms with Gasteiger partial charge in [-0.25, -0.2) is 13.6 Å². The van der Waals surface area contributed by atoms with E-state index >= 15 is 0 Å². The molecule has 3 rings (SSSR count). The molecule has 7 heteroatoms. The predicted molar refractivity (Wildman–Crippen MR) is 108 cm³/mol. The van der Waals surface area contributed by atoms with Crippen LogP contribution in [0.3, 0.4) is 0 Å². The highest BCUT2D eigenvalue weighted by Gasteiger charge is 2.31. The number of nitrogens with two attached hydrogens (primary N) is 1. The maximum atomic E-state index is 12.6. The second-order valence-electron chi connectivity index (χ2n) is 8.23. The van der Waals surface area contributed by atoms with Gasteiger partial charge in [0.1, 0.15) is 0 Å². The number of rotatable bonds is 4. The van der Waals surface area contributed by atoms with E-state index in [4.69, 9.17) is 5.14 Å². The highest BCUT2D eigenvalue weighted by Crippen LogP contribution is 2.40. The number of carbonyl (C=O) groups is 1. The molecule has 0 radical (unpaired) electrons. The monoisotopic (exact) mass is 406 g/mol. The topological polar surface area (TPSA) is 89.3 Å². The van der Waals surface area contributed by atoms with Gasteiger partial charge in [-0.15, -0.1) is 11.3 Å². The molecule has 3 N–H and O–H groups in total. The minimum Gasteiger partial charge on any atom is -0.348 e. The zero-order chi connectivity index (χ0) is 19.8. The van der Waals surface area contributed by atoms with Crippen molar-refractivity contribution < 1.29 is 13.2 Å². The van der Waals surface area contributed by atoms with Gasteiger partial charge >= 0.3 is 0 Å². The Hall–Kier alpha value is -1.70. The van der Waals surface area contributed by atoms with Crippen molar-refractivity contribution in [1.82, 2.24) is 5.32 Å². The van der Waals surface area contributed by atoms with E-state index in [1.165, 1.54) is 22.6 Å². The highest BCUT2D eigenvalue weighted by atomic mass is 32.2. The standard InChI is InChI=1S/C20H26N2O3S2/c1-20(2,3)14-6-9-16-17(12-26-18(16)10-14)19(23)22-11-13-4-7-15(8-5-13)27(21,24)25/h4-5,7-8,12,14H,6,9-11H2,1-3H3,(H,22,23)(H2,21,24,25). The van der Waals surface area contributed by atoms with Crippen molar-refractivity contribution in [2.45, 2.75) is 51.5 Å². The summed E-state index contributed by atoms with van der Waals surface area (Å²) in [4.78, 5) is 14.0. The average Bonchev–Trinajstić information content (AvgIpc) is 3.02. The van der Waals surface area contributed by atoms with Gasteiger partial charge in [0, 0.05) is 16.8 Å². The molecule has 1 aliphatic rings. The molecule has 1 aromatic carbocycles. The fraction of sp³-hybridized carbons (Fsp3) is 0.450. The number of hydrogen-bond donors (Lipinski definition) is 2. The number of benzene rings is 1. The summed E-state index contributed by atoms with van der Waals surface area (Å²) in [5.41, 5.74) is 3.09. The van der Waals surface area contributed by atoms with Gasteiger partial charge in [0.2, 0.25) is 10.0 Å². The summed E-state index contributed by atoms with van der Waals surface area (Å²) in [6.45, 7) is 7.19. The van der Waals surface area contributed by atoms with Crippen LogP contribution in [0.15, 0.2) is 34.5 Å². The predicted octanol–water partition coefficient (Wildman–Crippen LogP) is 3.48. The molecule has 1 amide bonds. The highest BCUT2D eigenvalue weighted by molar-refractivity contribution is 7.89. The average molecular weight is 407 g/mol. The van der Waals surface area contributed by atoms with Crippen LogP contribution in [0.2, 0.25) is 0 Å². The molecule has 1 unspecified atom stereocenters. The van der Waals surface area contributed by atoms with Crippen LogP contribution in [-0.2, 0) is 29.4 Å². The van der Waals surface area contributed by atoms with Gasteiger partial charge in [0.25, 0.3) is 5.91 Å². The van der Waals surface area contributed by atoms with Crippen LogP contribution in [-0.4, -0.2) is 14.3 Å². The van der Waals surface area contributed by atoms with Crippen molar-refractivity contribution in [3.8, 4) is 0 Å². The number of thiophene rings is 1. The molecule has 1 aliphatic carbocycles. The Kier molecular flexibility index (Phi) is 5.47. The van der Waals surface area contributed by atoms with E-state index in [-0.39, 0.29) is 16.2 Å². The van der Waals surface area contributed by atoms with E-state index in [2.05, 4.69) is 26.1 Å². The number of carbonyl (C=O) groups excluding carboxylic acids is 1. The lowest BCUT2D eigenvalue weighted by Crippen LogP contribution is -2.28. The summed E-state index contributed by atoms with van der Waals surface area (Å²) in [5.74, 6) is 0.578. The van der Waals surface area contributed by atoms with Crippen molar-refractivity contribution >= 4 is 27.3 Å². The van der Waals surface area contributed by atoms with Crippen molar-refractivity contribution in [3.63, 3.8) is 0 Å². The summed E-state index contributed by atoms with van der Waals surface area (Å²) in [5, 5.41) is 10.0. The molecule has 1 atom stereocenters. The van der Waals surface area contributed by atoms with Crippen LogP contribution in [0.1, 0.15) is 53.6 Å². The summed E-state index contributed by atoms with van der Waals surface area (Å²) in [6.07, 6.45) is 3.11. The third-order valence-electron chi connectivity index (χ3n) is 5.33. The fourth-order valence-corrected chi connectivity index (χ4v) is 5.19. The first-order valence-electron chi connectivity index (χ1n) is 9.05. The molecule has 0 saturated carbocycles. The molecule has 0 fully saturated rings. The first kappa shape index (κ1) is 20.0. The first-order valence-corrected chi connectivity index (χ1v) is 11.5. The Morgan fingerprint density at radius 3 is 2.52 bits per heavy atom. The van der Waals surface area contributed by atoms with Gasteiger partial charge < -0.3 is 5.32 Å². The Balaban J connectivity index is 1.66. The first-order chi connectivity index (χ1) is 12.6. The van der Waals surface area contributed by atoms with Crippen LogP contribution >= 0.6 is 11.3 Å². The molecule has 27 heavy (non-hydrogen) atoms. The van der Waals surface area contributed by atoms with Crippen LogP contribution in [0.5, 0.6) is 0 Å². The van der Waals surface area contributed by atoms with Crippen LogP contribution in [0.25, 0.3) is 0 Å². The Bertz CT molecular complexity index is 939. The largest absolute Gasteiger partial charge is 0.348 e. The Morgan fingerprint density at radius 2 is 1.93 bits per heavy atom. The number of nitrogens with one attached hydrogen (secondary N) is 1. The number of sulfonamides is 1. The lowest BCUT2D eigenvalue weighted by atomic mass is 9.72. The van der Waals surface area contributed by atoms with E-state index in [0.717, 1.165) is 30.4 Å². The lowest BCUT2D eigenvalue weighted by molar-refractivity contribution is 0.0949. The molecule has 2 aromatic rings. The molecule has 1 aromatic heterocycles. The second kappa shape index (κ2) is 7.37. The minimum atomic E-state index is -3.70. The quantitative estimate of drug-likeness (QED) is 0.815. The van der Waals surface area contributed by atoms with E-state index in [9.17, 15) is 13.2 Å². The molecule has 1 heterocycles. The van der Waals surface area contributed by atoms with Gasteiger partial charge in [0.05, 0.1) is 10.5 Å². The maximum absolute atomic E-state index is 12.6. The molecule has 146 valence electrons. The zero-order valence-corrected chi connectivity index (χ0v) is 17.5. The SMILES string of the molecule is CC(C)(C)C1CCc2c(C(=O)NCc3ccc(S(N)(=O)=O)cc3)csc2C1. The number of primary sulfonamides is 1. The summed E-state index contributed by atoms with van der Waals surface area (Å²) < 4.78 is 22.6. The summed E-state index contributed by atoms with van der Waals surface area (Å²) in [7, 11) is -3.70. The number of hydrogen-bond acceptors (Lipinski definition) is 4. The molecule has 0 aliphatic heterocycles. The third kappa shape index (κ3) is 4.59. The van der Waals surface area contributed by atoms with E-state index < -0.39 is 10.0 Å². The molecule has 0 spiro atoms. The van der Waals surface area contributed by atoms with E-state index in [1.54, 1.807) is 23.5 Å². The molecule has 0 saturated heterocycles. The minimum absolute atomic E-state index is 0.0675. The molecular weight excluding hydrogens is 380 g/mol. The Labute approximate surface area is 165 Å². The van der Waals surface area contributed by atoms with Gasteiger partial charge in [-0.2, -0.15) is 0 Å². The number of amides is 1. The summed E-state index contributed by atoms with van der Waals surface area (Å²) >= 11 is 1.69. The van der Waals surface area contributed by atoms with Crippen molar-refractivity contribution in [3.05, 3.63) is 51.2 Å².